The van der Waals surface area contributed by atoms with Gasteiger partial charge in [0.15, 0.2) is 0 Å². The second kappa shape index (κ2) is 16.5. The molecule has 1 fully saturated rings. The molecule has 3 aliphatic carbocycles. The van der Waals surface area contributed by atoms with Crippen LogP contribution < -0.4 is 24.8 Å². The van der Waals surface area contributed by atoms with Gasteiger partial charge in [0.1, 0.15) is 0 Å². The maximum absolute atomic E-state index is 3.54. The normalized spacial score (nSPS) is 17.2. The minimum atomic E-state index is 0. The Morgan fingerprint density at radius 2 is 1.50 bits per heavy atom. The van der Waals surface area contributed by atoms with Crippen LogP contribution in [0.15, 0.2) is 66.3 Å². The van der Waals surface area contributed by atoms with Crippen LogP contribution in [0.5, 0.6) is 0 Å². The van der Waals surface area contributed by atoms with Gasteiger partial charge in [-0.25, -0.2) is 6.08 Å². The fraction of sp³-hybridized carbons (Fsp3) is 0.410. The molecule has 3 heteroatoms. The van der Waals surface area contributed by atoms with E-state index in [0.29, 0.717) is 11.3 Å². The van der Waals surface area contributed by atoms with Crippen LogP contribution in [-0.2, 0) is 30.7 Å². The second-order valence-electron chi connectivity index (χ2n) is 12.3. The Morgan fingerprint density at radius 3 is 2.10 bits per heavy atom. The molecule has 3 aromatic rings. The Balaban J connectivity index is 0.000000223. The van der Waals surface area contributed by atoms with Crippen molar-refractivity contribution in [3.05, 3.63) is 117 Å². The SMILES string of the molecule is CC1[C-]=CC(C2(C)CCCCC2)=C1.CC[C](=[Zr+2])c1ccccc1.Cc1[c-]c2c(cc1C)-c1cc(C)c(C)cc1C2.[Cl-].[Cl-]. The molecule has 0 N–H and O–H groups in total. The van der Waals surface area contributed by atoms with E-state index in [9.17, 15) is 0 Å². The summed E-state index contributed by atoms with van der Waals surface area (Å²) in [5, 5.41) is 0. The quantitative estimate of drug-likeness (QED) is 0.283. The average molecular weight is 677 g/mol. The summed E-state index contributed by atoms with van der Waals surface area (Å²) < 4.78 is 1.55. The Labute approximate surface area is 283 Å². The summed E-state index contributed by atoms with van der Waals surface area (Å²) in [4.78, 5) is 0. The minimum absolute atomic E-state index is 0. The van der Waals surface area contributed by atoms with E-state index in [2.05, 4.69) is 121 Å². The molecule has 3 aromatic carbocycles. The third-order valence-corrected chi connectivity index (χ3v) is 10.6. The van der Waals surface area contributed by atoms with Crippen molar-refractivity contribution in [1.82, 2.24) is 0 Å². The molecule has 0 spiro atoms. The fourth-order valence-corrected chi connectivity index (χ4v) is 6.48. The topological polar surface area (TPSA) is 0 Å². The van der Waals surface area contributed by atoms with Crippen molar-refractivity contribution in [3.63, 3.8) is 0 Å². The Bertz CT molecular complexity index is 1350. The molecular formula is C39H46Cl2Zr-2. The summed E-state index contributed by atoms with van der Waals surface area (Å²) in [7, 11) is 0. The summed E-state index contributed by atoms with van der Waals surface area (Å²) in [5.41, 5.74) is 14.5. The van der Waals surface area contributed by atoms with Crippen LogP contribution in [0.3, 0.4) is 0 Å². The number of fused-ring (bicyclic) bond motifs is 3. The average Bonchev–Trinajstić information content (AvgIpc) is 3.54. The van der Waals surface area contributed by atoms with Crippen molar-refractivity contribution < 1.29 is 49.0 Å². The third-order valence-electron chi connectivity index (χ3n) is 9.05. The van der Waals surface area contributed by atoms with Crippen molar-refractivity contribution in [3.8, 4) is 11.1 Å². The Hall–Kier alpha value is -1.53. The first kappa shape index (κ1) is 36.7. The summed E-state index contributed by atoms with van der Waals surface area (Å²) in [6.45, 7) is 15.6. The van der Waals surface area contributed by atoms with Crippen LogP contribution in [0.1, 0.15) is 98.2 Å². The smallest absolute Gasteiger partial charge is 0.0253 e. The molecule has 3 aliphatic rings. The van der Waals surface area contributed by atoms with E-state index in [-0.39, 0.29) is 24.8 Å². The summed E-state index contributed by atoms with van der Waals surface area (Å²) >= 11 is 1.54. The Morgan fingerprint density at radius 1 is 0.881 bits per heavy atom. The standard InChI is InChI=1S/C17H17.C13H19.C9H10.2ClH.Zr/c1-10-5-14-9-15-6-11(2)13(4)8-17(15)16(14)7-12(10)3;1-11-6-7-12(10-11)13(2)8-4-3-5-9-13;1-2-6-9-7-4-3-5-8-9;;;/h5,7-8H,9H2,1-4H3;7,10-11H,3-5,8-9H2,1-2H3;3-5,7-8H,2H2,1H3;2*1H;/q2*-1;;;;+2/p-2. The molecule has 0 bridgehead atoms. The molecule has 1 unspecified atom stereocenters. The van der Waals surface area contributed by atoms with Crippen LogP contribution in [-0.4, -0.2) is 3.21 Å². The van der Waals surface area contributed by atoms with Gasteiger partial charge in [-0.1, -0.05) is 88.8 Å². The van der Waals surface area contributed by atoms with Crippen molar-refractivity contribution in [2.45, 2.75) is 93.4 Å². The summed E-state index contributed by atoms with van der Waals surface area (Å²) in [6.07, 6.45) is 17.3. The second-order valence-corrected chi connectivity index (χ2v) is 13.8. The molecule has 0 aromatic heterocycles. The summed E-state index contributed by atoms with van der Waals surface area (Å²) in [5.74, 6) is 0.550. The van der Waals surface area contributed by atoms with Gasteiger partial charge in [-0.15, -0.1) is 11.1 Å². The zero-order valence-electron chi connectivity index (χ0n) is 26.6. The van der Waals surface area contributed by atoms with E-state index < -0.39 is 0 Å². The maximum atomic E-state index is 3.54. The molecule has 42 heavy (non-hydrogen) atoms. The van der Waals surface area contributed by atoms with E-state index >= 15 is 0 Å². The van der Waals surface area contributed by atoms with Gasteiger partial charge in [0.05, 0.1) is 0 Å². The van der Waals surface area contributed by atoms with Gasteiger partial charge in [-0.05, 0) is 37.0 Å². The zero-order chi connectivity index (χ0) is 28.9. The molecule has 222 valence electrons. The molecule has 0 heterocycles. The van der Waals surface area contributed by atoms with Gasteiger partial charge in [-0.3, -0.25) is 6.08 Å². The van der Waals surface area contributed by atoms with E-state index in [1.807, 2.05) is 0 Å². The first-order valence-electron chi connectivity index (χ1n) is 15.2. The van der Waals surface area contributed by atoms with Crippen LogP contribution in [0.4, 0.5) is 0 Å². The van der Waals surface area contributed by atoms with Gasteiger partial charge in [0.25, 0.3) is 0 Å². The molecule has 1 saturated carbocycles. The molecular weight excluding hydrogens is 631 g/mol. The first-order valence-corrected chi connectivity index (χ1v) is 16.4. The van der Waals surface area contributed by atoms with E-state index in [0.717, 1.165) is 6.42 Å². The Kier molecular flexibility index (Phi) is 14.4. The molecule has 0 saturated heterocycles. The fourth-order valence-electron chi connectivity index (χ4n) is 6.07. The molecule has 0 amide bonds. The zero-order valence-corrected chi connectivity index (χ0v) is 30.5. The minimum Gasteiger partial charge on any atom is -1.00 e. The number of halogens is 2. The maximum Gasteiger partial charge on any atom is -0.0253 e. The molecule has 6 rings (SSSR count). The van der Waals surface area contributed by atoms with E-state index in [4.69, 9.17) is 0 Å². The van der Waals surface area contributed by atoms with Crippen molar-refractivity contribution in [1.29, 1.82) is 0 Å². The number of benzene rings is 3. The van der Waals surface area contributed by atoms with Gasteiger partial charge in [0.2, 0.25) is 0 Å². The predicted molar refractivity (Wildman–Crippen MR) is 170 cm³/mol. The van der Waals surface area contributed by atoms with Crippen LogP contribution in [0.2, 0.25) is 0 Å². The predicted octanol–water partition coefficient (Wildman–Crippen LogP) is 4.36. The van der Waals surface area contributed by atoms with Crippen LogP contribution in [0.25, 0.3) is 11.1 Å². The van der Waals surface area contributed by atoms with Crippen LogP contribution >= 0.6 is 0 Å². The van der Waals surface area contributed by atoms with Gasteiger partial charge in [-0.2, -0.15) is 34.9 Å². The van der Waals surface area contributed by atoms with Gasteiger partial charge < -0.3 is 24.8 Å². The summed E-state index contributed by atoms with van der Waals surface area (Å²) in [6, 6.07) is 21.1. The number of rotatable bonds is 3. The molecule has 1 atom stereocenters. The number of hydrogen-bond donors (Lipinski definition) is 0. The molecule has 0 radical (unpaired) electrons. The van der Waals surface area contributed by atoms with E-state index in [1.165, 1.54) is 113 Å². The molecule has 0 nitrogen and oxygen atoms in total. The van der Waals surface area contributed by atoms with Crippen molar-refractivity contribution in [2.75, 3.05) is 0 Å². The third kappa shape index (κ3) is 9.00. The van der Waals surface area contributed by atoms with E-state index in [1.54, 1.807) is 8.78 Å². The van der Waals surface area contributed by atoms with Crippen molar-refractivity contribution in [2.24, 2.45) is 11.3 Å². The van der Waals surface area contributed by atoms with Crippen molar-refractivity contribution >= 4 is 3.21 Å². The number of hydrogen-bond acceptors (Lipinski definition) is 0. The first-order chi connectivity index (χ1) is 19.1. The monoisotopic (exact) mass is 674 g/mol. The molecule has 0 aliphatic heterocycles. The number of aryl methyl sites for hydroxylation is 4. The van der Waals surface area contributed by atoms with Gasteiger partial charge in [0, 0.05) is 0 Å². The van der Waals surface area contributed by atoms with Crippen LogP contribution in [0, 0.1) is 51.2 Å². The largest absolute Gasteiger partial charge is 1.00 e. The number of allylic oxidation sites excluding steroid dienone is 4. The van der Waals surface area contributed by atoms with Gasteiger partial charge >= 0.3 is 76.7 Å².